The molecule has 9 nitrogen and oxygen atoms in total. The number of halogens is 3. The van der Waals surface area contributed by atoms with E-state index in [1.165, 1.54) is 5.56 Å². The fraction of sp³-hybridized carbons (Fsp3) is 0.556. The van der Waals surface area contributed by atoms with E-state index in [2.05, 4.69) is 27.1 Å². The smallest absolute Gasteiger partial charge is 0.305 e. The van der Waals surface area contributed by atoms with Crippen LogP contribution in [0.2, 0.25) is 5.02 Å². The van der Waals surface area contributed by atoms with Gasteiger partial charge in [-0.05, 0) is 49.4 Å². The van der Waals surface area contributed by atoms with E-state index in [4.69, 9.17) is 21.4 Å². The predicted octanol–water partition coefficient (Wildman–Crippen LogP) is 3.93. The number of nitrogens with one attached hydrogen (secondary N) is 1. The van der Waals surface area contributed by atoms with Crippen molar-refractivity contribution in [2.75, 3.05) is 57.4 Å². The number of aromatic nitrogens is 2. The second kappa shape index (κ2) is 16.2. The second-order valence-electron chi connectivity index (χ2n) is 9.73. The fourth-order valence-electron chi connectivity index (χ4n) is 5.08. The lowest BCUT2D eigenvalue weighted by Crippen LogP contribution is -2.51. The summed E-state index contributed by atoms with van der Waals surface area (Å²) in [4.78, 5) is 37.6. The highest BCUT2D eigenvalue weighted by molar-refractivity contribution is 6.30. The molecule has 2 heterocycles. The lowest BCUT2D eigenvalue weighted by molar-refractivity contribution is -0.138. The van der Waals surface area contributed by atoms with E-state index in [0.717, 1.165) is 49.4 Å². The summed E-state index contributed by atoms with van der Waals surface area (Å²) in [7, 11) is 0. The number of piperazine rings is 1. The summed E-state index contributed by atoms with van der Waals surface area (Å²) < 4.78 is 5.35. The van der Waals surface area contributed by atoms with Crippen LogP contribution in [0.1, 0.15) is 54.8 Å². The van der Waals surface area contributed by atoms with E-state index in [-0.39, 0.29) is 49.7 Å². The van der Waals surface area contributed by atoms with E-state index in [1.807, 2.05) is 29.2 Å². The van der Waals surface area contributed by atoms with E-state index in [1.54, 1.807) is 6.33 Å². The average molecular weight is 603 g/mol. The number of carbonyl (C=O) groups excluding carboxylic acids is 1. The first kappa shape index (κ1) is 33.0. The molecule has 1 saturated heterocycles. The number of hydrogen-bond donors (Lipinski definition) is 2. The van der Waals surface area contributed by atoms with Gasteiger partial charge in [-0.2, -0.15) is 0 Å². The van der Waals surface area contributed by atoms with Crippen molar-refractivity contribution in [1.82, 2.24) is 20.2 Å². The average Bonchev–Trinajstić information content (AvgIpc) is 3.29. The molecular formula is C27H38Cl3N5O4. The molecule has 1 aromatic carbocycles. The first-order valence-electron chi connectivity index (χ1n) is 13.1. The van der Waals surface area contributed by atoms with Crippen molar-refractivity contribution in [3.63, 3.8) is 0 Å². The number of nitrogens with zero attached hydrogens (tertiary/aromatic N) is 4. The zero-order valence-corrected chi connectivity index (χ0v) is 24.6. The normalized spacial score (nSPS) is 17.1. The van der Waals surface area contributed by atoms with Crippen molar-refractivity contribution in [2.45, 2.75) is 44.4 Å². The van der Waals surface area contributed by atoms with Crippen LogP contribution < -0.4 is 10.2 Å². The van der Waals surface area contributed by atoms with E-state index in [9.17, 15) is 9.59 Å². The lowest BCUT2D eigenvalue weighted by atomic mass is 9.97. The predicted molar refractivity (Wildman–Crippen MR) is 157 cm³/mol. The van der Waals surface area contributed by atoms with Gasteiger partial charge in [0.1, 0.15) is 12.1 Å². The van der Waals surface area contributed by atoms with Crippen LogP contribution in [0.15, 0.2) is 30.6 Å². The molecule has 4 rings (SSSR count). The first-order chi connectivity index (χ1) is 17.9. The maximum atomic E-state index is 13.7. The third-order valence-electron chi connectivity index (χ3n) is 7.16. The Hall–Kier alpha value is -2.17. The molecule has 216 valence electrons. The molecule has 1 aliphatic carbocycles. The Labute approximate surface area is 247 Å². The van der Waals surface area contributed by atoms with Gasteiger partial charge in [-0.25, -0.2) is 9.97 Å². The van der Waals surface area contributed by atoms with Gasteiger partial charge in [0.2, 0.25) is 5.91 Å². The van der Waals surface area contributed by atoms with E-state index >= 15 is 0 Å². The Morgan fingerprint density at radius 3 is 2.54 bits per heavy atom. The van der Waals surface area contributed by atoms with Crippen LogP contribution in [-0.4, -0.2) is 84.3 Å². The molecule has 0 unspecified atom stereocenters. The summed E-state index contributed by atoms with van der Waals surface area (Å²) in [5.74, 6) is 0.421. The molecule has 39 heavy (non-hydrogen) atoms. The maximum absolute atomic E-state index is 13.7. The van der Waals surface area contributed by atoms with E-state index in [0.29, 0.717) is 43.7 Å². The van der Waals surface area contributed by atoms with Gasteiger partial charge >= 0.3 is 5.97 Å². The molecule has 2 aromatic rings. The zero-order valence-electron chi connectivity index (χ0n) is 22.2. The quantitative estimate of drug-likeness (QED) is 0.352. The Morgan fingerprint density at radius 2 is 1.85 bits per heavy atom. The molecule has 0 spiro atoms. The SMILES string of the molecule is C[C@@H]1CCc2ncnc(N3CCN(C(=O)[C@H](CNCCCOCCC(=O)O)c4ccc(Cl)cc4)CC3)c21.Cl.Cl. The third kappa shape index (κ3) is 8.91. The van der Waals surface area contributed by atoms with Crippen LogP contribution in [0.4, 0.5) is 5.82 Å². The molecule has 0 radical (unpaired) electrons. The number of anilines is 1. The molecule has 2 aliphatic rings. The molecule has 2 atom stereocenters. The minimum Gasteiger partial charge on any atom is -0.481 e. The number of carboxylic acid groups (broad SMARTS) is 1. The highest BCUT2D eigenvalue weighted by Crippen LogP contribution is 2.37. The Balaban J connectivity index is 0.00000267. The molecule has 1 fully saturated rings. The first-order valence-corrected chi connectivity index (χ1v) is 13.4. The lowest BCUT2D eigenvalue weighted by Gasteiger charge is -2.38. The topological polar surface area (TPSA) is 108 Å². The van der Waals surface area contributed by atoms with E-state index < -0.39 is 5.97 Å². The standard InChI is InChI=1S/C27H36ClN5O4.2ClH/c1-19-3-8-23-25(19)26(31-18-30-23)32-11-13-33(14-12-32)27(36)22(20-4-6-21(28)7-5-20)17-29-10-2-15-37-16-9-24(34)35;;/h4-7,18-19,22,29H,2-3,8-17H2,1H3,(H,34,35);2*1H/t19-,22-;;/m1../s1. The van der Waals surface area contributed by atoms with Crippen molar-refractivity contribution in [1.29, 1.82) is 0 Å². The van der Waals surface area contributed by atoms with Gasteiger partial charge in [-0.3, -0.25) is 9.59 Å². The zero-order chi connectivity index (χ0) is 26.2. The number of ether oxygens (including phenoxy) is 1. The number of rotatable bonds is 12. The maximum Gasteiger partial charge on any atom is 0.305 e. The molecular weight excluding hydrogens is 565 g/mol. The summed E-state index contributed by atoms with van der Waals surface area (Å²) in [6, 6.07) is 7.48. The minimum absolute atomic E-state index is 0. The number of amides is 1. The number of aliphatic carboxylic acids is 1. The summed E-state index contributed by atoms with van der Waals surface area (Å²) in [6.07, 6.45) is 4.54. The molecule has 0 bridgehead atoms. The van der Waals surface area contributed by atoms with Crippen molar-refractivity contribution in [3.8, 4) is 0 Å². The number of carbonyl (C=O) groups is 2. The summed E-state index contributed by atoms with van der Waals surface area (Å²) in [5.41, 5.74) is 3.37. The highest BCUT2D eigenvalue weighted by atomic mass is 35.5. The van der Waals surface area contributed by atoms with Gasteiger partial charge in [0.15, 0.2) is 0 Å². The largest absolute Gasteiger partial charge is 0.481 e. The molecule has 1 aromatic heterocycles. The number of aryl methyl sites for hydroxylation is 1. The molecule has 0 saturated carbocycles. The molecule has 1 aliphatic heterocycles. The summed E-state index contributed by atoms with van der Waals surface area (Å²) >= 11 is 6.10. The van der Waals surface area contributed by atoms with Crippen LogP contribution in [0.5, 0.6) is 0 Å². The van der Waals surface area contributed by atoms with Crippen molar-refractivity contribution in [2.24, 2.45) is 0 Å². The summed E-state index contributed by atoms with van der Waals surface area (Å²) in [6.45, 7) is 6.90. The molecule has 1 amide bonds. The Morgan fingerprint density at radius 1 is 1.13 bits per heavy atom. The highest BCUT2D eigenvalue weighted by Gasteiger charge is 2.31. The fourth-order valence-corrected chi connectivity index (χ4v) is 5.21. The number of hydrogen-bond acceptors (Lipinski definition) is 7. The van der Waals surface area contributed by atoms with Gasteiger partial charge in [0.25, 0.3) is 0 Å². The van der Waals surface area contributed by atoms with Gasteiger partial charge in [-0.1, -0.05) is 30.7 Å². The number of carboxylic acids is 1. The Kier molecular flexibility index (Phi) is 13.7. The van der Waals surface area contributed by atoms with Crippen LogP contribution in [0, 0.1) is 0 Å². The number of fused-ring (bicyclic) bond motifs is 1. The van der Waals surface area contributed by atoms with Crippen LogP contribution in [0.3, 0.4) is 0 Å². The van der Waals surface area contributed by atoms with Crippen molar-refractivity contribution in [3.05, 3.63) is 52.4 Å². The second-order valence-corrected chi connectivity index (χ2v) is 10.2. The van der Waals surface area contributed by atoms with Crippen molar-refractivity contribution < 1.29 is 19.4 Å². The monoisotopic (exact) mass is 601 g/mol. The molecule has 2 N–H and O–H groups in total. The van der Waals surface area contributed by atoms with Gasteiger partial charge in [0.05, 0.1) is 18.9 Å². The van der Waals surface area contributed by atoms with Gasteiger partial charge in [-0.15, -0.1) is 24.8 Å². The van der Waals surface area contributed by atoms with Gasteiger partial charge in [0, 0.05) is 55.6 Å². The third-order valence-corrected chi connectivity index (χ3v) is 7.42. The summed E-state index contributed by atoms with van der Waals surface area (Å²) in [5, 5.41) is 12.7. The molecule has 12 heteroatoms. The van der Waals surface area contributed by atoms with Crippen molar-refractivity contribution >= 4 is 54.1 Å². The van der Waals surface area contributed by atoms with Gasteiger partial charge < -0.3 is 25.0 Å². The number of benzene rings is 1. The van der Waals surface area contributed by atoms with Crippen LogP contribution >= 0.6 is 36.4 Å². The van der Waals surface area contributed by atoms with Crippen LogP contribution in [-0.2, 0) is 20.7 Å². The van der Waals surface area contributed by atoms with Crippen LogP contribution in [0.25, 0.3) is 0 Å². The minimum atomic E-state index is -0.862. The Bertz CT molecular complexity index is 1070.